The van der Waals surface area contributed by atoms with Gasteiger partial charge in [0.1, 0.15) is 0 Å². The number of esters is 1. The molecule has 3 nitrogen and oxygen atoms in total. The van der Waals surface area contributed by atoms with Crippen molar-refractivity contribution in [3.63, 3.8) is 0 Å². The van der Waals surface area contributed by atoms with Gasteiger partial charge in [-0.1, -0.05) is 5.57 Å². The SMILES string of the molecule is C=C(C)CCN1CCC[C@H](C(=O)OC)C1. The average molecular weight is 211 g/mol. The van der Waals surface area contributed by atoms with Crippen LogP contribution in [0.15, 0.2) is 12.2 Å². The number of hydrogen-bond donors (Lipinski definition) is 0. The van der Waals surface area contributed by atoms with Gasteiger partial charge in [0.2, 0.25) is 0 Å². The molecule has 0 radical (unpaired) electrons. The van der Waals surface area contributed by atoms with Crippen molar-refractivity contribution < 1.29 is 9.53 Å². The summed E-state index contributed by atoms with van der Waals surface area (Å²) in [6, 6.07) is 0. The van der Waals surface area contributed by atoms with Crippen molar-refractivity contribution in [2.45, 2.75) is 26.2 Å². The van der Waals surface area contributed by atoms with Crippen LogP contribution in [-0.4, -0.2) is 37.6 Å². The summed E-state index contributed by atoms with van der Waals surface area (Å²) in [5, 5.41) is 0. The van der Waals surface area contributed by atoms with Gasteiger partial charge in [-0.3, -0.25) is 4.79 Å². The van der Waals surface area contributed by atoms with Crippen molar-refractivity contribution in [1.82, 2.24) is 4.90 Å². The number of ether oxygens (including phenoxy) is 1. The first-order valence-corrected chi connectivity index (χ1v) is 5.58. The summed E-state index contributed by atoms with van der Waals surface area (Å²) in [4.78, 5) is 13.7. The second-order valence-corrected chi connectivity index (χ2v) is 4.37. The fourth-order valence-corrected chi connectivity index (χ4v) is 1.97. The molecule has 1 heterocycles. The van der Waals surface area contributed by atoms with Crippen LogP contribution in [0.2, 0.25) is 0 Å². The van der Waals surface area contributed by atoms with Crippen LogP contribution < -0.4 is 0 Å². The number of carbonyl (C=O) groups excluding carboxylic acids is 1. The number of hydrogen-bond acceptors (Lipinski definition) is 3. The molecule has 0 aliphatic carbocycles. The van der Waals surface area contributed by atoms with Crippen LogP contribution in [0, 0.1) is 5.92 Å². The van der Waals surface area contributed by atoms with Crippen LogP contribution in [-0.2, 0) is 9.53 Å². The molecule has 0 N–H and O–H groups in total. The van der Waals surface area contributed by atoms with Crippen molar-refractivity contribution >= 4 is 5.97 Å². The molecule has 0 saturated carbocycles. The van der Waals surface area contributed by atoms with E-state index in [1.165, 1.54) is 12.7 Å². The highest BCUT2D eigenvalue weighted by Crippen LogP contribution is 2.18. The van der Waals surface area contributed by atoms with Gasteiger partial charge in [0.15, 0.2) is 0 Å². The van der Waals surface area contributed by atoms with E-state index in [9.17, 15) is 4.79 Å². The highest BCUT2D eigenvalue weighted by molar-refractivity contribution is 5.72. The molecule has 3 heteroatoms. The minimum absolute atomic E-state index is 0.0602. The third kappa shape index (κ3) is 4.04. The Morgan fingerprint density at radius 3 is 2.93 bits per heavy atom. The monoisotopic (exact) mass is 211 g/mol. The summed E-state index contributed by atoms with van der Waals surface area (Å²) in [5.41, 5.74) is 1.20. The minimum Gasteiger partial charge on any atom is -0.469 e. The van der Waals surface area contributed by atoms with Crippen LogP contribution in [0.25, 0.3) is 0 Å². The second-order valence-electron chi connectivity index (χ2n) is 4.37. The molecule has 0 aromatic heterocycles. The molecule has 0 bridgehead atoms. The first-order valence-electron chi connectivity index (χ1n) is 5.58. The maximum absolute atomic E-state index is 11.4. The number of likely N-dealkylation sites (tertiary alicyclic amines) is 1. The highest BCUT2D eigenvalue weighted by Gasteiger charge is 2.25. The van der Waals surface area contributed by atoms with Crippen molar-refractivity contribution in [3.05, 3.63) is 12.2 Å². The van der Waals surface area contributed by atoms with Crippen LogP contribution in [0.1, 0.15) is 26.2 Å². The number of carbonyl (C=O) groups is 1. The topological polar surface area (TPSA) is 29.5 Å². The van der Waals surface area contributed by atoms with Crippen molar-refractivity contribution in [2.24, 2.45) is 5.92 Å². The van der Waals surface area contributed by atoms with E-state index in [4.69, 9.17) is 4.74 Å². The number of piperidine rings is 1. The van der Waals surface area contributed by atoms with Gasteiger partial charge in [0.25, 0.3) is 0 Å². The van der Waals surface area contributed by atoms with Crippen LogP contribution in [0.5, 0.6) is 0 Å². The Morgan fingerprint density at radius 1 is 1.60 bits per heavy atom. The van der Waals surface area contributed by atoms with E-state index in [0.717, 1.165) is 38.9 Å². The van der Waals surface area contributed by atoms with Gasteiger partial charge in [-0.2, -0.15) is 0 Å². The second kappa shape index (κ2) is 5.91. The molecule has 1 rings (SSSR count). The Kier molecular flexibility index (Phi) is 4.82. The average Bonchev–Trinajstić information content (AvgIpc) is 2.25. The van der Waals surface area contributed by atoms with Gasteiger partial charge in [-0.15, -0.1) is 6.58 Å². The molecule has 15 heavy (non-hydrogen) atoms. The largest absolute Gasteiger partial charge is 0.469 e. The summed E-state index contributed by atoms with van der Waals surface area (Å²) < 4.78 is 4.78. The molecule has 1 fully saturated rings. The van der Waals surface area contributed by atoms with Gasteiger partial charge in [0, 0.05) is 13.1 Å². The first kappa shape index (κ1) is 12.2. The molecule has 1 aliphatic rings. The van der Waals surface area contributed by atoms with E-state index >= 15 is 0 Å². The first-order chi connectivity index (χ1) is 7.13. The fourth-order valence-electron chi connectivity index (χ4n) is 1.97. The van der Waals surface area contributed by atoms with Gasteiger partial charge < -0.3 is 9.64 Å². The maximum Gasteiger partial charge on any atom is 0.309 e. The molecular weight excluding hydrogens is 190 g/mol. The third-order valence-corrected chi connectivity index (χ3v) is 2.89. The predicted molar refractivity (Wildman–Crippen MR) is 60.6 cm³/mol. The summed E-state index contributed by atoms with van der Waals surface area (Å²) in [7, 11) is 1.47. The molecule has 0 spiro atoms. The molecule has 1 atom stereocenters. The summed E-state index contributed by atoms with van der Waals surface area (Å²) in [6.07, 6.45) is 3.08. The Morgan fingerprint density at radius 2 is 2.33 bits per heavy atom. The predicted octanol–water partition coefficient (Wildman–Crippen LogP) is 1.84. The van der Waals surface area contributed by atoms with E-state index in [-0.39, 0.29) is 11.9 Å². The van der Waals surface area contributed by atoms with Gasteiger partial charge in [0.05, 0.1) is 13.0 Å². The molecule has 1 saturated heterocycles. The lowest BCUT2D eigenvalue weighted by molar-refractivity contribution is -0.147. The Balaban J connectivity index is 2.35. The Hall–Kier alpha value is -0.830. The molecular formula is C12H21NO2. The number of methoxy groups -OCH3 is 1. The van der Waals surface area contributed by atoms with Crippen molar-refractivity contribution in [3.8, 4) is 0 Å². The number of nitrogens with zero attached hydrogens (tertiary/aromatic N) is 1. The van der Waals surface area contributed by atoms with Gasteiger partial charge in [-0.05, 0) is 32.7 Å². The zero-order valence-corrected chi connectivity index (χ0v) is 9.79. The van der Waals surface area contributed by atoms with Crippen LogP contribution in [0.4, 0.5) is 0 Å². The quantitative estimate of drug-likeness (QED) is 0.525. The van der Waals surface area contributed by atoms with E-state index in [1.54, 1.807) is 0 Å². The van der Waals surface area contributed by atoms with Crippen molar-refractivity contribution in [1.29, 1.82) is 0 Å². The molecule has 86 valence electrons. The van der Waals surface area contributed by atoms with E-state index in [1.807, 2.05) is 6.92 Å². The molecule has 0 aromatic rings. The molecule has 0 amide bonds. The lowest BCUT2D eigenvalue weighted by atomic mass is 9.98. The van der Waals surface area contributed by atoms with Crippen LogP contribution >= 0.6 is 0 Å². The third-order valence-electron chi connectivity index (χ3n) is 2.89. The van der Waals surface area contributed by atoms with E-state index in [0.29, 0.717) is 0 Å². The summed E-state index contributed by atoms with van der Waals surface area (Å²) >= 11 is 0. The zero-order chi connectivity index (χ0) is 11.3. The fraction of sp³-hybridized carbons (Fsp3) is 0.750. The van der Waals surface area contributed by atoms with Gasteiger partial charge >= 0.3 is 5.97 Å². The zero-order valence-electron chi connectivity index (χ0n) is 9.79. The highest BCUT2D eigenvalue weighted by atomic mass is 16.5. The maximum atomic E-state index is 11.4. The van der Waals surface area contributed by atoms with Crippen LogP contribution in [0.3, 0.4) is 0 Å². The minimum atomic E-state index is -0.0602. The standard InChI is InChI=1S/C12H21NO2/c1-10(2)6-8-13-7-4-5-11(9-13)12(14)15-3/h11H,1,4-9H2,2-3H3/t11-/m0/s1. The molecule has 1 aliphatic heterocycles. The smallest absolute Gasteiger partial charge is 0.309 e. The Bertz CT molecular complexity index is 238. The van der Waals surface area contributed by atoms with Crippen molar-refractivity contribution in [2.75, 3.05) is 26.7 Å². The lowest BCUT2D eigenvalue weighted by Gasteiger charge is -2.31. The van der Waals surface area contributed by atoms with Gasteiger partial charge in [-0.25, -0.2) is 0 Å². The lowest BCUT2D eigenvalue weighted by Crippen LogP contribution is -2.39. The number of rotatable bonds is 4. The normalized spacial score (nSPS) is 22.4. The molecule has 0 aromatic carbocycles. The van der Waals surface area contributed by atoms with E-state index < -0.39 is 0 Å². The Labute approximate surface area is 92.1 Å². The summed E-state index contributed by atoms with van der Waals surface area (Å²) in [5.74, 6) is 0.0175. The molecule has 0 unspecified atom stereocenters. The van der Waals surface area contributed by atoms with E-state index in [2.05, 4.69) is 11.5 Å². The summed E-state index contributed by atoms with van der Waals surface area (Å²) in [6.45, 7) is 8.90.